The minimum absolute atomic E-state index is 0.0666. The number of carbonyl (C=O) groups excluding carboxylic acids is 3. The van der Waals surface area contributed by atoms with Gasteiger partial charge < -0.3 is 36.6 Å². The summed E-state index contributed by atoms with van der Waals surface area (Å²) < 4.78 is 0. The van der Waals surface area contributed by atoms with Gasteiger partial charge in [-0.05, 0) is 31.5 Å². The van der Waals surface area contributed by atoms with Crippen LogP contribution in [0.5, 0.6) is 0 Å². The quantitative estimate of drug-likeness (QED) is 0.255. The molecule has 12 nitrogen and oxygen atoms in total. The Morgan fingerprint density at radius 3 is 2.47 bits per heavy atom. The molecule has 0 aliphatic carbocycles. The van der Waals surface area contributed by atoms with Crippen LogP contribution in [0.15, 0.2) is 28.8 Å². The number of carboxylic acid groups (broad SMARTS) is 2. The average molecular weight is 519 g/mol. The van der Waals surface area contributed by atoms with Crippen LogP contribution >= 0.6 is 11.8 Å². The molecule has 1 aromatic carbocycles. The van der Waals surface area contributed by atoms with Gasteiger partial charge in [0.1, 0.15) is 5.70 Å². The first-order chi connectivity index (χ1) is 16.9. The molecule has 192 valence electrons. The van der Waals surface area contributed by atoms with Crippen LogP contribution in [0.4, 0.5) is 5.69 Å². The van der Waals surface area contributed by atoms with Gasteiger partial charge >= 0.3 is 11.9 Å². The number of anilines is 1. The molecule has 6 unspecified atom stereocenters. The number of primary amides is 1. The Balaban J connectivity index is 1.44. The van der Waals surface area contributed by atoms with Crippen LogP contribution in [0.1, 0.15) is 41.0 Å². The summed E-state index contributed by atoms with van der Waals surface area (Å²) in [6.45, 7) is 3.76. The zero-order valence-corrected chi connectivity index (χ0v) is 20.2. The maximum absolute atomic E-state index is 12.8. The lowest BCUT2D eigenvalue weighted by Crippen LogP contribution is -2.63. The summed E-state index contributed by atoms with van der Waals surface area (Å²) in [5.41, 5.74) is 4.82. The molecule has 0 bridgehead atoms. The monoisotopic (exact) mass is 518 g/mol. The van der Waals surface area contributed by atoms with Gasteiger partial charge in [-0.25, -0.2) is 9.59 Å². The summed E-state index contributed by atoms with van der Waals surface area (Å²) in [5, 5.41) is 34.6. The van der Waals surface area contributed by atoms with Crippen LogP contribution in [0.25, 0.3) is 0 Å². The number of benzene rings is 1. The van der Waals surface area contributed by atoms with E-state index in [1.807, 2.05) is 6.92 Å². The maximum atomic E-state index is 12.8. The summed E-state index contributed by atoms with van der Waals surface area (Å²) >= 11 is 1.31. The van der Waals surface area contributed by atoms with Crippen LogP contribution in [0.2, 0.25) is 0 Å². The zero-order valence-electron chi connectivity index (χ0n) is 19.4. The van der Waals surface area contributed by atoms with Gasteiger partial charge in [-0.3, -0.25) is 14.4 Å². The number of hydrogen-bond donors (Lipinski definition) is 6. The number of nitrogens with zero attached hydrogens (tertiary/aromatic N) is 1. The number of rotatable bonds is 8. The van der Waals surface area contributed by atoms with Gasteiger partial charge in [0.2, 0.25) is 17.7 Å². The molecular formula is C23H26N4O8S. The number of fused-ring (bicyclic) bond motifs is 1. The van der Waals surface area contributed by atoms with E-state index in [1.54, 1.807) is 0 Å². The smallest absolute Gasteiger partial charge is 0.353 e. The molecule has 36 heavy (non-hydrogen) atoms. The Bertz CT molecular complexity index is 1200. The molecule has 0 saturated carbocycles. The Morgan fingerprint density at radius 2 is 1.89 bits per heavy atom. The minimum Gasteiger partial charge on any atom is -0.478 e. The Hall–Kier alpha value is -3.42. The van der Waals surface area contributed by atoms with Crippen LogP contribution in [0.3, 0.4) is 0 Å². The number of aromatic carboxylic acids is 1. The highest BCUT2D eigenvalue weighted by atomic mass is 32.2. The van der Waals surface area contributed by atoms with E-state index < -0.39 is 53.8 Å². The van der Waals surface area contributed by atoms with Crippen LogP contribution in [0, 0.1) is 11.8 Å². The van der Waals surface area contributed by atoms with Crippen LogP contribution in [-0.4, -0.2) is 79.9 Å². The number of thioether (sulfide) groups is 1. The molecule has 2 fully saturated rings. The number of β-lactam (4-membered cyclic amide) rings is 1. The normalized spacial score (nSPS) is 27.9. The number of aliphatic hydroxyl groups is 1. The molecule has 7 N–H and O–H groups in total. The predicted octanol–water partition coefficient (Wildman–Crippen LogP) is 0.0396. The van der Waals surface area contributed by atoms with Gasteiger partial charge in [0.25, 0.3) is 0 Å². The summed E-state index contributed by atoms with van der Waals surface area (Å²) in [5.74, 6) is -5.21. The van der Waals surface area contributed by atoms with Crippen molar-refractivity contribution in [3.63, 3.8) is 0 Å². The third-order valence-electron chi connectivity index (χ3n) is 6.79. The highest BCUT2D eigenvalue weighted by molar-refractivity contribution is 8.03. The van der Waals surface area contributed by atoms with Gasteiger partial charge in [0.15, 0.2) is 0 Å². The molecule has 0 radical (unpaired) electrons. The number of amides is 3. The van der Waals surface area contributed by atoms with Gasteiger partial charge in [-0.15, -0.1) is 11.8 Å². The highest BCUT2D eigenvalue weighted by Crippen LogP contribution is 2.51. The van der Waals surface area contributed by atoms with E-state index in [2.05, 4.69) is 10.6 Å². The minimum atomic E-state index is -1.36. The molecule has 2 saturated heterocycles. The number of carbonyl (C=O) groups is 5. The fraction of sp³-hybridized carbons (Fsp3) is 0.435. The summed E-state index contributed by atoms with van der Waals surface area (Å²) in [4.78, 5) is 62.0. The molecule has 0 spiro atoms. The lowest BCUT2D eigenvalue weighted by atomic mass is 9.79. The number of carboxylic acids is 2. The van der Waals surface area contributed by atoms with Crippen molar-refractivity contribution < 1.29 is 39.3 Å². The molecule has 4 rings (SSSR count). The molecule has 3 aliphatic rings. The first-order valence-corrected chi connectivity index (χ1v) is 12.2. The predicted molar refractivity (Wildman–Crippen MR) is 128 cm³/mol. The Labute approximate surface area is 209 Å². The van der Waals surface area contributed by atoms with E-state index in [4.69, 9.17) is 5.73 Å². The lowest BCUT2D eigenvalue weighted by Gasteiger charge is -2.46. The molecule has 6 atom stereocenters. The first kappa shape index (κ1) is 25.7. The Kier molecular flexibility index (Phi) is 6.82. The SMILES string of the molecule is CC(O)C1C(=O)N2C(C(=O)O)=C(SC3CNC(C(=O)Nc4ccc(C(N)=O)c(C(=O)O)c4)C3)C(C)C12. The van der Waals surface area contributed by atoms with Crippen molar-refractivity contribution in [2.45, 2.75) is 43.7 Å². The fourth-order valence-electron chi connectivity index (χ4n) is 5.09. The Morgan fingerprint density at radius 1 is 1.19 bits per heavy atom. The molecular weight excluding hydrogens is 492 g/mol. The van der Waals surface area contributed by atoms with Crippen molar-refractivity contribution in [1.82, 2.24) is 10.2 Å². The topological polar surface area (TPSA) is 199 Å². The maximum Gasteiger partial charge on any atom is 0.353 e. The number of nitrogens with two attached hydrogens (primary N) is 1. The van der Waals surface area contributed by atoms with Crippen LogP contribution in [-0.2, 0) is 14.4 Å². The third kappa shape index (κ3) is 4.33. The van der Waals surface area contributed by atoms with Crippen molar-refractivity contribution in [2.24, 2.45) is 17.6 Å². The van der Waals surface area contributed by atoms with E-state index in [9.17, 15) is 39.3 Å². The number of hydrogen-bond acceptors (Lipinski definition) is 8. The second-order valence-corrected chi connectivity index (χ2v) is 10.5. The summed E-state index contributed by atoms with van der Waals surface area (Å²) in [6.07, 6.45) is -0.524. The molecule has 1 aromatic rings. The second-order valence-electron chi connectivity index (χ2n) is 9.13. The first-order valence-electron chi connectivity index (χ1n) is 11.3. The molecule has 3 heterocycles. The van der Waals surface area contributed by atoms with Crippen molar-refractivity contribution in [2.75, 3.05) is 11.9 Å². The average Bonchev–Trinajstić information content (AvgIpc) is 3.35. The van der Waals surface area contributed by atoms with Crippen molar-refractivity contribution in [3.05, 3.63) is 39.9 Å². The second kappa shape index (κ2) is 9.56. The number of aliphatic hydroxyl groups excluding tert-OH is 1. The van der Waals surface area contributed by atoms with E-state index in [1.165, 1.54) is 35.7 Å². The van der Waals surface area contributed by atoms with Gasteiger partial charge in [0.05, 0.1) is 35.2 Å². The molecule has 3 aliphatic heterocycles. The van der Waals surface area contributed by atoms with Gasteiger partial charge in [0, 0.05) is 28.3 Å². The van der Waals surface area contributed by atoms with Crippen molar-refractivity contribution in [1.29, 1.82) is 0 Å². The van der Waals surface area contributed by atoms with E-state index >= 15 is 0 Å². The molecule has 0 aromatic heterocycles. The molecule has 13 heteroatoms. The third-order valence-corrected chi connectivity index (χ3v) is 8.31. The van der Waals surface area contributed by atoms with Gasteiger partial charge in [-0.1, -0.05) is 6.92 Å². The molecule has 3 amide bonds. The van der Waals surface area contributed by atoms with E-state index in [0.717, 1.165) is 6.07 Å². The van der Waals surface area contributed by atoms with E-state index in [0.29, 0.717) is 17.9 Å². The summed E-state index contributed by atoms with van der Waals surface area (Å²) in [6, 6.07) is 2.74. The highest BCUT2D eigenvalue weighted by Gasteiger charge is 2.60. The van der Waals surface area contributed by atoms with Gasteiger partial charge in [-0.2, -0.15) is 0 Å². The largest absolute Gasteiger partial charge is 0.478 e. The number of nitrogens with one attached hydrogen (secondary N) is 2. The summed E-state index contributed by atoms with van der Waals surface area (Å²) in [7, 11) is 0. The lowest BCUT2D eigenvalue weighted by molar-refractivity contribution is -0.163. The zero-order chi connectivity index (χ0) is 26.5. The van der Waals surface area contributed by atoms with E-state index in [-0.39, 0.29) is 33.7 Å². The van der Waals surface area contributed by atoms with Crippen LogP contribution < -0.4 is 16.4 Å². The number of aliphatic carboxylic acids is 1. The van der Waals surface area contributed by atoms with Crippen molar-refractivity contribution >= 4 is 47.1 Å². The fourth-order valence-corrected chi connectivity index (χ4v) is 6.57. The standard InChI is InChI=1S/C23H26N4O8S/c1-8-16-15(9(2)28)21(31)27(16)17(23(34)35)18(8)36-11-6-14(25-7-11)20(30)26-10-3-4-12(19(24)29)13(5-10)22(32)33/h3-5,8-9,11,14-16,25,28H,6-7H2,1-2H3,(H2,24,29)(H,26,30)(H,32,33)(H,34,35). The van der Waals surface area contributed by atoms with Crippen molar-refractivity contribution in [3.8, 4) is 0 Å².